The van der Waals surface area contributed by atoms with E-state index >= 15 is 0 Å². The molecule has 0 spiro atoms. The molecule has 1 N–H and O–H groups in total. The Hall–Kier alpha value is -2.62. The lowest BCUT2D eigenvalue weighted by Crippen LogP contribution is -2.06. The number of rotatable bonds is 2. The summed E-state index contributed by atoms with van der Waals surface area (Å²) in [5.74, 6) is 0.223. The molecule has 0 radical (unpaired) electrons. The Balaban J connectivity index is 2.31. The number of nitrogens with one attached hydrogen (secondary N) is 1. The monoisotopic (exact) mass is 292 g/mol. The maximum atomic E-state index is 12.5. The second kappa shape index (κ2) is 5.40. The summed E-state index contributed by atoms with van der Waals surface area (Å²) in [5.41, 5.74) is 1.30. The standard InChI is InChI=1S/C14H11F3N4/c1-8-9(2)20-21-13(12(8)7-18)19-11-5-3-10(4-6-11)14(15,16)17/h3-6H,1-2H3,(H,19,21). The molecule has 1 heterocycles. The van der Waals surface area contributed by atoms with Gasteiger partial charge in [-0.05, 0) is 43.7 Å². The Bertz CT molecular complexity index is 700. The lowest BCUT2D eigenvalue weighted by atomic mass is 10.1. The van der Waals surface area contributed by atoms with E-state index in [0.29, 0.717) is 22.5 Å². The third kappa shape index (κ3) is 3.11. The number of aromatic nitrogens is 2. The summed E-state index contributed by atoms with van der Waals surface area (Å²) in [4.78, 5) is 0. The van der Waals surface area contributed by atoms with Crippen molar-refractivity contribution in [2.75, 3.05) is 5.32 Å². The molecular formula is C14H11F3N4. The lowest BCUT2D eigenvalue weighted by Gasteiger charge is -2.11. The Morgan fingerprint density at radius 1 is 1.10 bits per heavy atom. The predicted octanol–water partition coefficient (Wildman–Crippen LogP) is 3.73. The molecule has 0 aliphatic rings. The molecule has 0 saturated carbocycles. The average Bonchev–Trinajstić information content (AvgIpc) is 2.43. The molecule has 2 aromatic rings. The van der Waals surface area contributed by atoms with Crippen molar-refractivity contribution in [1.29, 1.82) is 5.26 Å². The van der Waals surface area contributed by atoms with Crippen LogP contribution in [-0.4, -0.2) is 10.2 Å². The highest BCUT2D eigenvalue weighted by molar-refractivity contribution is 5.64. The van der Waals surface area contributed by atoms with Crippen LogP contribution in [0.25, 0.3) is 0 Å². The summed E-state index contributed by atoms with van der Waals surface area (Å²) in [6, 6.07) is 6.50. The highest BCUT2D eigenvalue weighted by Gasteiger charge is 2.29. The molecule has 0 bridgehead atoms. The van der Waals surface area contributed by atoms with Crippen molar-refractivity contribution in [3.05, 3.63) is 46.6 Å². The van der Waals surface area contributed by atoms with Gasteiger partial charge in [0.25, 0.3) is 0 Å². The number of hydrogen-bond acceptors (Lipinski definition) is 4. The highest BCUT2D eigenvalue weighted by Crippen LogP contribution is 2.30. The number of alkyl halides is 3. The van der Waals surface area contributed by atoms with E-state index in [1.54, 1.807) is 13.8 Å². The highest BCUT2D eigenvalue weighted by atomic mass is 19.4. The van der Waals surface area contributed by atoms with E-state index in [0.717, 1.165) is 12.1 Å². The average molecular weight is 292 g/mol. The summed E-state index contributed by atoms with van der Waals surface area (Å²) in [6.07, 6.45) is -4.38. The SMILES string of the molecule is Cc1nnc(Nc2ccc(C(F)(F)F)cc2)c(C#N)c1C. The summed E-state index contributed by atoms with van der Waals surface area (Å²) >= 11 is 0. The first-order valence-corrected chi connectivity index (χ1v) is 6.01. The molecule has 2 rings (SSSR count). The van der Waals surface area contributed by atoms with Crippen molar-refractivity contribution in [2.24, 2.45) is 0 Å². The smallest absolute Gasteiger partial charge is 0.338 e. The van der Waals surface area contributed by atoms with E-state index in [-0.39, 0.29) is 5.82 Å². The molecule has 1 aromatic carbocycles. The summed E-state index contributed by atoms with van der Waals surface area (Å²) < 4.78 is 37.4. The quantitative estimate of drug-likeness (QED) is 0.916. The van der Waals surface area contributed by atoms with Crippen molar-refractivity contribution >= 4 is 11.5 Å². The van der Waals surface area contributed by atoms with Crippen molar-refractivity contribution in [2.45, 2.75) is 20.0 Å². The molecule has 0 atom stereocenters. The van der Waals surface area contributed by atoms with Gasteiger partial charge in [-0.25, -0.2) is 0 Å². The van der Waals surface area contributed by atoms with Gasteiger partial charge in [-0.3, -0.25) is 0 Å². The fourth-order valence-electron chi connectivity index (χ4n) is 1.71. The minimum absolute atomic E-state index is 0.223. The molecule has 21 heavy (non-hydrogen) atoms. The van der Waals surface area contributed by atoms with Gasteiger partial charge < -0.3 is 5.32 Å². The Morgan fingerprint density at radius 2 is 1.71 bits per heavy atom. The van der Waals surface area contributed by atoms with Gasteiger partial charge in [0.2, 0.25) is 0 Å². The van der Waals surface area contributed by atoms with Crippen LogP contribution < -0.4 is 5.32 Å². The van der Waals surface area contributed by atoms with Crippen molar-refractivity contribution in [3.8, 4) is 6.07 Å². The van der Waals surface area contributed by atoms with Crippen LogP contribution in [0.3, 0.4) is 0 Å². The van der Waals surface area contributed by atoms with Crippen LogP contribution in [0.5, 0.6) is 0 Å². The summed E-state index contributed by atoms with van der Waals surface area (Å²) in [7, 11) is 0. The zero-order chi connectivity index (χ0) is 15.6. The van der Waals surface area contributed by atoms with Gasteiger partial charge in [0, 0.05) is 5.69 Å². The molecule has 7 heteroatoms. The van der Waals surface area contributed by atoms with Gasteiger partial charge in [-0.1, -0.05) is 0 Å². The molecule has 0 saturated heterocycles. The molecule has 0 aliphatic carbocycles. The normalized spacial score (nSPS) is 11.0. The number of aryl methyl sites for hydroxylation is 1. The molecule has 0 amide bonds. The molecule has 4 nitrogen and oxygen atoms in total. The number of nitriles is 1. The molecule has 0 aliphatic heterocycles. The number of benzene rings is 1. The van der Waals surface area contributed by atoms with Crippen LogP contribution in [0.15, 0.2) is 24.3 Å². The Labute approximate surface area is 119 Å². The zero-order valence-electron chi connectivity index (χ0n) is 11.3. The summed E-state index contributed by atoms with van der Waals surface area (Å²) in [6.45, 7) is 3.46. The third-order valence-corrected chi connectivity index (χ3v) is 3.04. The van der Waals surface area contributed by atoms with E-state index < -0.39 is 11.7 Å². The largest absolute Gasteiger partial charge is 0.416 e. The first-order valence-electron chi connectivity index (χ1n) is 6.01. The van der Waals surface area contributed by atoms with Crippen molar-refractivity contribution in [3.63, 3.8) is 0 Å². The first-order chi connectivity index (χ1) is 9.82. The van der Waals surface area contributed by atoms with Gasteiger partial charge in [0.15, 0.2) is 5.82 Å². The third-order valence-electron chi connectivity index (χ3n) is 3.04. The minimum Gasteiger partial charge on any atom is -0.338 e. The minimum atomic E-state index is -4.38. The number of halogens is 3. The molecule has 1 aromatic heterocycles. The van der Waals surface area contributed by atoms with Gasteiger partial charge in [0.05, 0.1) is 11.3 Å². The number of anilines is 2. The Morgan fingerprint density at radius 3 is 2.24 bits per heavy atom. The van der Waals surface area contributed by atoms with Crippen molar-refractivity contribution in [1.82, 2.24) is 10.2 Å². The van der Waals surface area contributed by atoms with E-state index in [4.69, 9.17) is 5.26 Å². The maximum Gasteiger partial charge on any atom is 0.416 e. The lowest BCUT2D eigenvalue weighted by molar-refractivity contribution is -0.137. The van der Waals surface area contributed by atoms with Crippen molar-refractivity contribution < 1.29 is 13.2 Å². The van der Waals surface area contributed by atoms with Gasteiger partial charge in [0.1, 0.15) is 11.6 Å². The fraction of sp³-hybridized carbons (Fsp3) is 0.214. The van der Waals surface area contributed by atoms with E-state index in [2.05, 4.69) is 15.5 Å². The summed E-state index contributed by atoms with van der Waals surface area (Å²) in [5, 5.41) is 19.7. The molecule has 0 unspecified atom stereocenters. The maximum absolute atomic E-state index is 12.5. The van der Waals surface area contributed by atoms with E-state index in [1.165, 1.54) is 12.1 Å². The topological polar surface area (TPSA) is 61.6 Å². The Kier molecular flexibility index (Phi) is 3.80. The number of nitrogens with zero attached hydrogens (tertiary/aromatic N) is 3. The van der Waals surface area contributed by atoms with Crippen LogP contribution >= 0.6 is 0 Å². The van der Waals surface area contributed by atoms with Crippen LogP contribution in [0.1, 0.15) is 22.4 Å². The van der Waals surface area contributed by atoms with Crippen LogP contribution in [0, 0.1) is 25.2 Å². The molecule has 108 valence electrons. The van der Waals surface area contributed by atoms with Gasteiger partial charge in [-0.15, -0.1) is 5.10 Å². The van der Waals surface area contributed by atoms with Crippen LogP contribution in [0.2, 0.25) is 0 Å². The van der Waals surface area contributed by atoms with Gasteiger partial charge >= 0.3 is 6.18 Å². The molecular weight excluding hydrogens is 281 g/mol. The number of hydrogen-bond donors (Lipinski definition) is 1. The van der Waals surface area contributed by atoms with Crippen LogP contribution in [0.4, 0.5) is 24.7 Å². The van der Waals surface area contributed by atoms with Gasteiger partial charge in [-0.2, -0.15) is 23.5 Å². The molecule has 0 fully saturated rings. The second-order valence-corrected chi connectivity index (χ2v) is 4.45. The van der Waals surface area contributed by atoms with Crippen LogP contribution in [-0.2, 0) is 6.18 Å². The second-order valence-electron chi connectivity index (χ2n) is 4.45. The fourth-order valence-corrected chi connectivity index (χ4v) is 1.71. The first kappa shape index (κ1) is 14.8. The van der Waals surface area contributed by atoms with E-state index in [9.17, 15) is 13.2 Å². The predicted molar refractivity (Wildman–Crippen MR) is 70.9 cm³/mol. The zero-order valence-corrected chi connectivity index (χ0v) is 11.3. The van der Waals surface area contributed by atoms with E-state index in [1.807, 2.05) is 6.07 Å².